The summed E-state index contributed by atoms with van der Waals surface area (Å²) in [5, 5.41) is 11.4. The lowest BCUT2D eigenvalue weighted by Gasteiger charge is -2.10. The quantitative estimate of drug-likeness (QED) is 0.820. The lowest BCUT2D eigenvalue weighted by Crippen LogP contribution is -2.31. The standard InChI is InChI=1S/C15H18N4O4S/c1-8-6-10(9-3-5-22-7-9)23-14(21)12(8)13(20)17-4-2-11-18-19-15(16)24-11/h6,9H,2-5,7H2,1H3,(H2,16,19)(H,17,20). The normalized spacial score (nSPS) is 17.1. The van der Waals surface area contributed by atoms with Crippen molar-refractivity contribution in [1.82, 2.24) is 15.5 Å². The van der Waals surface area contributed by atoms with Gasteiger partial charge >= 0.3 is 5.63 Å². The number of hydrogen-bond acceptors (Lipinski definition) is 8. The van der Waals surface area contributed by atoms with Crippen LogP contribution in [0.1, 0.15) is 39.0 Å². The third-order valence-corrected chi connectivity index (χ3v) is 4.65. The van der Waals surface area contributed by atoms with Gasteiger partial charge in [0.15, 0.2) is 0 Å². The van der Waals surface area contributed by atoms with Crippen LogP contribution in [0.2, 0.25) is 0 Å². The Labute approximate surface area is 142 Å². The van der Waals surface area contributed by atoms with Gasteiger partial charge in [-0.1, -0.05) is 11.3 Å². The van der Waals surface area contributed by atoms with Crippen LogP contribution in [-0.2, 0) is 11.2 Å². The van der Waals surface area contributed by atoms with Crippen molar-refractivity contribution in [2.75, 3.05) is 25.5 Å². The Bertz CT molecular complexity index is 795. The molecule has 2 aromatic rings. The van der Waals surface area contributed by atoms with E-state index in [0.29, 0.717) is 42.6 Å². The first-order valence-electron chi connectivity index (χ1n) is 7.63. The number of carbonyl (C=O) groups excluding carboxylic acids is 1. The van der Waals surface area contributed by atoms with Gasteiger partial charge in [-0.15, -0.1) is 10.2 Å². The molecule has 3 rings (SSSR count). The molecule has 3 N–H and O–H groups in total. The number of hydrogen-bond donors (Lipinski definition) is 2. The summed E-state index contributed by atoms with van der Waals surface area (Å²) in [5.41, 5.74) is 5.52. The monoisotopic (exact) mass is 350 g/mol. The van der Waals surface area contributed by atoms with Crippen molar-refractivity contribution in [2.45, 2.75) is 25.7 Å². The summed E-state index contributed by atoms with van der Waals surface area (Å²) in [4.78, 5) is 24.5. The number of nitrogens with two attached hydrogens (primary N) is 1. The zero-order chi connectivity index (χ0) is 17.1. The molecular weight excluding hydrogens is 332 g/mol. The molecule has 0 saturated carbocycles. The van der Waals surface area contributed by atoms with Gasteiger partial charge in [-0.25, -0.2) is 4.79 Å². The maximum atomic E-state index is 12.3. The highest BCUT2D eigenvalue weighted by atomic mass is 32.1. The minimum Gasteiger partial charge on any atom is -0.427 e. The first-order chi connectivity index (χ1) is 11.5. The number of aryl methyl sites for hydroxylation is 1. The van der Waals surface area contributed by atoms with Gasteiger partial charge in [-0.2, -0.15) is 0 Å². The Balaban J connectivity index is 1.66. The van der Waals surface area contributed by atoms with Crippen LogP contribution in [0.25, 0.3) is 0 Å². The minimum atomic E-state index is -0.616. The predicted octanol–water partition coefficient (Wildman–Crippen LogP) is 0.858. The number of nitrogen functional groups attached to an aromatic ring is 1. The molecule has 128 valence electrons. The predicted molar refractivity (Wildman–Crippen MR) is 88.3 cm³/mol. The Kier molecular flexibility index (Phi) is 4.91. The Morgan fingerprint density at radius 3 is 2.96 bits per heavy atom. The van der Waals surface area contributed by atoms with E-state index in [-0.39, 0.29) is 11.5 Å². The molecule has 1 unspecified atom stereocenters. The van der Waals surface area contributed by atoms with E-state index in [4.69, 9.17) is 14.9 Å². The SMILES string of the molecule is Cc1cc(C2CCOC2)oc(=O)c1C(=O)NCCc1nnc(N)s1. The average molecular weight is 350 g/mol. The van der Waals surface area contributed by atoms with Gasteiger partial charge in [-0.3, -0.25) is 4.79 Å². The summed E-state index contributed by atoms with van der Waals surface area (Å²) in [6, 6.07) is 1.75. The number of amides is 1. The molecule has 24 heavy (non-hydrogen) atoms. The maximum Gasteiger partial charge on any atom is 0.349 e. The zero-order valence-electron chi connectivity index (χ0n) is 13.2. The molecule has 8 nitrogen and oxygen atoms in total. The summed E-state index contributed by atoms with van der Waals surface area (Å²) >= 11 is 1.27. The first kappa shape index (κ1) is 16.6. The average Bonchev–Trinajstić information content (AvgIpc) is 3.18. The van der Waals surface area contributed by atoms with Gasteiger partial charge in [-0.05, 0) is 25.0 Å². The van der Waals surface area contributed by atoms with E-state index >= 15 is 0 Å². The molecule has 1 amide bonds. The van der Waals surface area contributed by atoms with Crippen LogP contribution in [-0.4, -0.2) is 35.9 Å². The summed E-state index contributed by atoms with van der Waals surface area (Å²) in [6.07, 6.45) is 1.32. The van der Waals surface area contributed by atoms with E-state index < -0.39 is 11.5 Å². The van der Waals surface area contributed by atoms with E-state index in [1.807, 2.05) is 0 Å². The van der Waals surface area contributed by atoms with E-state index in [0.717, 1.165) is 11.4 Å². The highest BCUT2D eigenvalue weighted by molar-refractivity contribution is 7.15. The maximum absolute atomic E-state index is 12.3. The molecule has 1 atom stereocenters. The number of rotatable bonds is 5. The van der Waals surface area contributed by atoms with Crippen molar-refractivity contribution in [3.63, 3.8) is 0 Å². The van der Waals surface area contributed by atoms with E-state index in [1.165, 1.54) is 11.3 Å². The Morgan fingerprint density at radius 2 is 2.33 bits per heavy atom. The molecule has 0 spiro atoms. The van der Waals surface area contributed by atoms with Crippen LogP contribution in [0.5, 0.6) is 0 Å². The fraction of sp³-hybridized carbons (Fsp3) is 0.467. The van der Waals surface area contributed by atoms with Gasteiger partial charge in [0.25, 0.3) is 5.91 Å². The fourth-order valence-corrected chi connectivity index (χ4v) is 3.21. The third-order valence-electron chi connectivity index (χ3n) is 3.83. The van der Waals surface area contributed by atoms with Gasteiger partial charge in [0.1, 0.15) is 16.3 Å². The molecule has 1 aliphatic rings. The Morgan fingerprint density at radius 1 is 1.50 bits per heavy atom. The van der Waals surface area contributed by atoms with E-state index in [1.54, 1.807) is 13.0 Å². The van der Waals surface area contributed by atoms with Crippen LogP contribution >= 0.6 is 11.3 Å². The molecule has 3 heterocycles. The van der Waals surface area contributed by atoms with Crippen LogP contribution < -0.4 is 16.7 Å². The van der Waals surface area contributed by atoms with Crippen LogP contribution in [0, 0.1) is 6.92 Å². The molecule has 1 fully saturated rings. The first-order valence-corrected chi connectivity index (χ1v) is 8.44. The zero-order valence-corrected chi connectivity index (χ0v) is 14.0. The van der Waals surface area contributed by atoms with Crippen molar-refractivity contribution in [3.05, 3.63) is 38.4 Å². The highest BCUT2D eigenvalue weighted by Gasteiger charge is 2.24. The second-order valence-corrected chi connectivity index (χ2v) is 6.69. The molecule has 2 aromatic heterocycles. The Hall–Kier alpha value is -2.26. The number of nitrogens with zero attached hydrogens (tertiary/aromatic N) is 2. The number of aromatic nitrogens is 2. The molecule has 0 bridgehead atoms. The van der Waals surface area contributed by atoms with Crippen molar-refractivity contribution in [1.29, 1.82) is 0 Å². The molecule has 9 heteroatoms. The lowest BCUT2D eigenvalue weighted by atomic mass is 10.0. The van der Waals surface area contributed by atoms with Crippen LogP contribution in [0.15, 0.2) is 15.3 Å². The fourth-order valence-electron chi connectivity index (χ4n) is 2.60. The highest BCUT2D eigenvalue weighted by Crippen LogP contribution is 2.25. The molecule has 0 aromatic carbocycles. The van der Waals surface area contributed by atoms with E-state index in [9.17, 15) is 9.59 Å². The number of carbonyl (C=O) groups is 1. The van der Waals surface area contributed by atoms with Crippen molar-refractivity contribution in [2.24, 2.45) is 0 Å². The van der Waals surface area contributed by atoms with E-state index in [2.05, 4.69) is 15.5 Å². The summed E-state index contributed by atoms with van der Waals surface area (Å²) in [7, 11) is 0. The second-order valence-electron chi connectivity index (χ2n) is 5.59. The summed E-state index contributed by atoms with van der Waals surface area (Å²) < 4.78 is 10.6. The smallest absolute Gasteiger partial charge is 0.349 e. The van der Waals surface area contributed by atoms with Gasteiger partial charge in [0, 0.05) is 25.5 Å². The topological polar surface area (TPSA) is 120 Å². The lowest BCUT2D eigenvalue weighted by molar-refractivity contribution is 0.0949. The van der Waals surface area contributed by atoms with Crippen molar-refractivity contribution in [3.8, 4) is 0 Å². The molecule has 1 aliphatic heterocycles. The number of anilines is 1. The summed E-state index contributed by atoms with van der Waals surface area (Å²) in [6.45, 7) is 3.27. The number of nitrogens with one attached hydrogen (secondary N) is 1. The largest absolute Gasteiger partial charge is 0.427 e. The van der Waals surface area contributed by atoms with Crippen molar-refractivity contribution < 1.29 is 13.9 Å². The van der Waals surface area contributed by atoms with Crippen LogP contribution in [0.4, 0.5) is 5.13 Å². The molecular formula is C15H18N4O4S. The van der Waals surface area contributed by atoms with Gasteiger partial charge in [0.05, 0.1) is 6.61 Å². The van der Waals surface area contributed by atoms with Gasteiger partial charge < -0.3 is 20.2 Å². The summed E-state index contributed by atoms with van der Waals surface area (Å²) in [5.74, 6) is 0.209. The molecule has 0 radical (unpaired) electrons. The van der Waals surface area contributed by atoms with Crippen LogP contribution in [0.3, 0.4) is 0 Å². The number of ether oxygens (including phenoxy) is 1. The minimum absolute atomic E-state index is 0.0365. The van der Waals surface area contributed by atoms with Crippen molar-refractivity contribution >= 4 is 22.4 Å². The molecule has 0 aliphatic carbocycles. The molecule has 1 saturated heterocycles. The second kappa shape index (κ2) is 7.10. The van der Waals surface area contributed by atoms with Gasteiger partial charge in [0.2, 0.25) is 5.13 Å². The third kappa shape index (κ3) is 3.62.